The van der Waals surface area contributed by atoms with Crippen molar-refractivity contribution in [1.29, 1.82) is 0 Å². The average molecular weight is 253 g/mol. The van der Waals surface area contributed by atoms with Crippen LogP contribution in [0.5, 0.6) is 5.75 Å². The summed E-state index contributed by atoms with van der Waals surface area (Å²) >= 11 is 5.87. The minimum Gasteiger partial charge on any atom is -0.496 e. The number of aromatic amines is 2. The number of nitrogens with one attached hydrogen (secondary N) is 2. The zero-order valence-electron chi connectivity index (χ0n) is 8.91. The summed E-state index contributed by atoms with van der Waals surface area (Å²) in [5, 5.41) is 0.488. The SMILES string of the molecule is COc1ccc(Cl)cc1-c1cc(=O)[nH]c(=O)[nH]1. The predicted molar refractivity (Wildman–Crippen MR) is 64.7 cm³/mol. The second-order valence-corrected chi connectivity index (χ2v) is 3.78. The molecule has 0 aliphatic rings. The molecule has 1 aromatic carbocycles. The van der Waals surface area contributed by atoms with Crippen LogP contribution >= 0.6 is 11.6 Å². The van der Waals surface area contributed by atoms with E-state index in [0.717, 1.165) is 0 Å². The third-order valence-corrected chi connectivity index (χ3v) is 2.45. The predicted octanol–water partition coefficient (Wildman–Crippen LogP) is 1.39. The molecule has 0 saturated heterocycles. The number of aromatic nitrogens is 2. The van der Waals surface area contributed by atoms with Gasteiger partial charge in [0.1, 0.15) is 5.75 Å². The van der Waals surface area contributed by atoms with Gasteiger partial charge in [-0.1, -0.05) is 11.6 Å². The smallest absolute Gasteiger partial charge is 0.326 e. The van der Waals surface area contributed by atoms with Gasteiger partial charge in [-0.3, -0.25) is 9.78 Å². The Morgan fingerprint density at radius 2 is 1.94 bits per heavy atom. The van der Waals surface area contributed by atoms with Crippen molar-refractivity contribution >= 4 is 11.6 Å². The molecule has 0 radical (unpaired) electrons. The van der Waals surface area contributed by atoms with Crippen molar-refractivity contribution in [3.63, 3.8) is 0 Å². The zero-order chi connectivity index (χ0) is 12.4. The molecular formula is C11H9ClN2O3. The molecule has 1 heterocycles. The quantitative estimate of drug-likeness (QED) is 0.848. The van der Waals surface area contributed by atoms with Crippen LogP contribution in [0.15, 0.2) is 33.9 Å². The number of ether oxygens (including phenoxy) is 1. The zero-order valence-corrected chi connectivity index (χ0v) is 9.67. The lowest BCUT2D eigenvalue weighted by Crippen LogP contribution is -2.21. The number of H-pyrrole nitrogens is 2. The van der Waals surface area contributed by atoms with Gasteiger partial charge in [0.05, 0.1) is 12.8 Å². The van der Waals surface area contributed by atoms with E-state index in [-0.39, 0.29) is 0 Å². The summed E-state index contributed by atoms with van der Waals surface area (Å²) in [4.78, 5) is 27.0. The molecule has 0 amide bonds. The van der Waals surface area contributed by atoms with Gasteiger partial charge in [-0.25, -0.2) is 4.79 Å². The van der Waals surface area contributed by atoms with Gasteiger partial charge in [0.15, 0.2) is 0 Å². The molecule has 2 rings (SSSR count). The van der Waals surface area contributed by atoms with Crippen molar-refractivity contribution in [2.24, 2.45) is 0 Å². The molecule has 0 unspecified atom stereocenters. The van der Waals surface area contributed by atoms with Crippen molar-refractivity contribution in [3.8, 4) is 17.0 Å². The van der Waals surface area contributed by atoms with Gasteiger partial charge >= 0.3 is 5.69 Å². The summed E-state index contributed by atoms with van der Waals surface area (Å²) in [5.74, 6) is 0.524. The molecular weight excluding hydrogens is 244 g/mol. The maximum Gasteiger partial charge on any atom is 0.326 e. The molecule has 0 bridgehead atoms. The number of benzene rings is 1. The lowest BCUT2D eigenvalue weighted by Gasteiger charge is -2.08. The summed E-state index contributed by atoms with van der Waals surface area (Å²) in [5.41, 5.74) is -0.137. The fourth-order valence-electron chi connectivity index (χ4n) is 1.50. The number of methoxy groups -OCH3 is 1. The van der Waals surface area contributed by atoms with Crippen LogP contribution in [0.1, 0.15) is 0 Å². The van der Waals surface area contributed by atoms with Gasteiger partial charge in [0, 0.05) is 16.7 Å². The third-order valence-electron chi connectivity index (χ3n) is 2.21. The van der Waals surface area contributed by atoms with Crippen LogP contribution in [0.2, 0.25) is 5.02 Å². The van der Waals surface area contributed by atoms with E-state index in [1.165, 1.54) is 13.2 Å². The van der Waals surface area contributed by atoms with E-state index in [0.29, 0.717) is 22.0 Å². The fraction of sp³-hybridized carbons (Fsp3) is 0.0909. The van der Waals surface area contributed by atoms with E-state index in [9.17, 15) is 9.59 Å². The first-order valence-electron chi connectivity index (χ1n) is 4.77. The molecule has 2 N–H and O–H groups in total. The Kier molecular flexibility index (Phi) is 3.01. The van der Waals surface area contributed by atoms with E-state index in [4.69, 9.17) is 16.3 Å². The molecule has 0 saturated carbocycles. The Labute approximate surface area is 101 Å². The maximum absolute atomic E-state index is 11.2. The van der Waals surface area contributed by atoms with E-state index >= 15 is 0 Å². The maximum atomic E-state index is 11.2. The van der Waals surface area contributed by atoms with E-state index in [2.05, 4.69) is 9.97 Å². The Hall–Kier alpha value is -2.01. The molecule has 1 aromatic heterocycles. The third kappa shape index (κ3) is 2.39. The highest BCUT2D eigenvalue weighted by atomic mass is 35.5. The summed E-state index contributed by atoms with van der Waals surface area (Å²) in [6.07, 6.45) is 0. The largest absolute Gasteiger partial charge is 0.496 e. The van der Waals surface area contributed by atoms with Gasteiger partial charge in [0.2, 0.25) is 0 Å². The summed E-state index contributed by atoms with van der Waals surface area (Å²) in [6.45, 7) is 0. The Bertz CT molecular complexity index is 632. The second kappa shape index (κ2) is 4.47. The van der Waals surface area contributed by atoms with Gasteiger partial charge in [-0.15, -0.1) is 0 Å². The molecule has 0 aliphatic heterocycles. The number of rotatable bonds is 2. The van der Waals surface area contributed by atoms with Crippen molar-refractivity contribution in [2.75, 3.05) is 7.11 Å². The van der Waals surface area contributed by atoms with Crippen LogP contribution in [0.25, 0.3) is 11.3 Å². The highest BCUT2D eigenvalue weighted by Gasteiger charge is 2.08. The lowest BCUT2D eigenvalue weighted by atomic mass is 10.1. The number of hydrogen-bond acceptors (Lipinski definition) is 3. The van der Waals surface area contributed by atoms with E-state index in [1.807, 2.05) is 0 Å². The molecule has 5 nitrogen and oxygen atoms in total. The van der Waals surface area contributed by atoms with Crippen LogP contribution in [-0.2, 0) is 0 Å². The summed E-state index contributed by atoms with van der Waals surface area (Å²) in [6, 6.07) is 6.22. The minimum absolute atomic E-state index is 0.359. The van der Waals surface area contributed by atoms with E-state index < -0.39 is 11.2 Å². The first-order chi connectivity index (χ1) is 8.10. The van der Waals surface area contributed by atoms with E-state index in [1.54, 1.807) is 18.2 Å². The first kappa shape index (κ1) is 11.5. The van der Waals surface area contributed by atoms with Crippen LogP contribution in [0.4, 0.5) is 0 Å². The van der Waals surface area contributed by atoms with Crippen LogP contribution in [0, 0.1) is 0 Å². The van der Waals surface area contributed by atoms with Crippen molar-refractivity contribution in [2.45, 2.75) is 0 Å². The number of hydrogen-bond donors (Lipinski definition) is 2. The molecule has 0 fully saturated rings. The Morgan fingerprint density at radius 1 is 1.18 bits per heavy atom. The lowest BCUT2D eigenvalue weighted by molar-refractivity contribution is 0.416. The minimum atomic E-state index is -0.575. The molecule has 6 heteroatoms. The average Bonchev–Trinajstić information content (AvgIpc) is 2.27. The van der Waals surface area contributed by atoms with Gasteiger partial charge in [-0.2, -0.15) is 0 Å². The van der Waals surface area contributed by atoms with Crippen LogP contribution in [-0.4, -0.2) is 17.1 Å². The Balaban J connectivity index is 2.70. The summed E-state index contributed by atoms with van der Waals surface area (Å²) < 4.78 is 5.14. The molecule has 0 atom stereocenters. The van der Waals surface area contributed by atoms with Crippen molar-refractivity contribution in [1.82, 2.24) is 9.97 Å². The second-order valence-electron chi connectivity index (χ2n) is 3.35. The Morgan fingerprint density at radius 3 is 2.59 bits per heavy atom. The standard InChI is InChI=1S/C11H9ClN2O3/c1-17-9-3-2-6(12)4-7(9)8-5-10(15)14-11(16)13-8/h2-5H,1H3,(H2,13,14,15,16). The van der Waals surface area contributed by atoms with Crippen LogP contribution < -0.4 is 16.0 Å². The van der Waals surface area contributed by atoms with Crippen LogP contribution in [0.3, 0.4) is 0 Å². The van der Waals surface area contributed by atoms with Gasteiger partial charge < -0.3 is 9.72 Å². The molecule has 2 aromatic rings. The van der Waals surface area contributed by atoms with Crippen molar-refractivity contribution < 1.29 is 4.74 Å². The monoisotopic (exact) mass is 252 g/mol. The topological polar surface area (TPSA) is 75.0 Å². The van der Waals surface area contributed by atoms with Gasteiger partial charge in [0.25, 0.3) is 5.56 Å². The highest BCUT2D eigenvalue weighted by Crippen LogP contribution is 2.29. The summed E-state index contributed by atoms with van der Waals surface area (Å²) in [7, 11) is 1.50. The fourth-order valence-corrected chi connectivity index (χ4v) is 1.68. The van der Waals surface area contributed by atoms with Gasteiger partial charge in [-0.05, 0) is 18.2 Å². The highest BCUT2D eigenvalue weighted by molar-refractivity contribution is 6.30. The first-order valence-corrected chi connectivity index (χ1v) is 5.15. The van der Waals surface area contributed by atoms with Crippen molar-refractivity contribution in [3.05, 3.63) is 50.1 Å². The molecule has 17 heavy (non-hydrogen) atoms. The molecule has 88 valence electrons. The normalized spacial score (nSPS) is 10.2. The molecule has 0 spiro atoms. The molecule has 0 aliphatic carbocycles. The number of halogens is 1.